The van der Waals surface area contributed by atoms with E-state index in [0.29, 0.717) is 29.2 Å². The van der Waals surface area contributed by atoms with E-state index in [2.05, 4.69) is 222 Å². The van der Waals surface area contributed by atoms with E-state index in [1.165, 1.54) is 44.5 Å². The van der Waals surface area contributed by atoms with Crippen LogP contribution in [0.2, 0.25) is 10.0 Å². The van der Waals surface area contributed by atoms with E-state index in [1.807, 2.05) is 29.6 Å². The van der Waals surface area contributed by atoms with Crippen LogP contribution in [0, 0.1) is 0 Å². The number of carbonyl (C=O) groups is 1. The maximum Gasteiger partial charge on any atom is 0.234 e. The molecule has 7 aromatic rings. The molecule has 10 heteroatoms. The molecule has 2 bridgehead atoms. The molecule has 0 saturated carbocycles. The average Bonchev–Trinajstić information content (AvgIpc) is 3.74. The number of rotatable bonds is 24. The summed E-state index contributed by atoms with van der Waals surface area (Å²) in [6.45, 7) is 5.52. The molecule has 0 aromatic heterocycles. The minimum absolute atomic E-state index is 0.0479. The van der Waals surface area contributed by atoms with Gasteiger partial charge in [0.05, 0.1) is 33.2 Å². The minimum atomic E-state index is -0.456. The van der Waals surface area contributed by atoms with Crippen molar-refractivity contribution < 1.29 is 9.63 Å². The lowest BCUT2D eigenvalue weighted by molar-refractivity contribution is -0.122. The molecule has 2 saturated heterocycles. The largest absolute Gasteiger partial charge is 0.354 e. The lowest BCUT2D eigenvalue weighted by Gasteiger charge is -2.43. The predicted molar refractivity (Wildman–Crippen MR) is 312 cm³/mol. The summed E-state index contributed by atoms with van der Waals surface area (Å²) >= 11 is 16.9. The number of piperidine rings is 1. The first kappa shape index (κ1) is 53.5. The molecule has 3 atom stereocenters. The van der Waals surface area contributed by atoms with E-state index in [9.17, 15) is 4.79 Å². The number of benzene rings is 7. The maximum atomic E-state index is 14.4. The SMILES string of the molecule is CCC(NOC)=C1C(c2ccc(Cl)c(Cl)c2)CC2CCC1N2CCCN(CCSC(c1ccccc1)(c1ccccc1)c1ccccc1)CC(=O)NCCSC(c1ccccc1)(c1ccccc1)c1ccccc1. The van der Waals surface area contributed by atoms with Crippen molar-refractivity contribution in [1.29, 1.82) is 0 Å². The van der Waals surface area contributed by atoms with Crippen LogP contribution >= 0.6 is 46.7 Å². The Kier molecular flexibility index (Phi) is 18.8. The summed E-state index contributed by atoms with van der Waals surface area (Å²) in [6, 6.07) is 71.8. The lowest BCUT2D eigenvalue weighted by Crippen LogP contribution is -2.46. The standard InChI is InChI=1S/C64H68Cl2N4O2S2/c1-3-59(68-72-2)62-56(48-35-37-57(65)58(66)45-48)46-55-36-38-60(62)70(55)41-22-40-69(42-44-74-64(52-29-16-7-17-30-52,53-31-18-8-19-32-53)54-33-20-9-21-34-54)47-61(71)67-39-43-73-63(49-23-10-4-11-24-49,50-25-12-5-13-26-50)51-27-14-6-15-28-51/h4-21,23-35,37,45,55-56,60,68H,3,22,36,38-44,46-47H2,1-2H3,(H,67,71). The minimum Gasteiger partial charge on any atom is -0.354 e. The maximum absolute atomic E-state index is 14.4. The molecule has 382 valence electrons. The molecule has 2 fully saturated rings. The Hall–Kier alpha value is -5.29. The number of thioether (sulfide) groups is 2. The van der Waals surface area contributed by atoms with Gasteiger partial charge in [0.2, 0.25) is 5.91 Å². The van der Waals surface area contributed by atoms with E-state index >= 15 is 0 Å². The third-order valence-electron chi connectivity index (χ3n) is 15.0. The van der Waals surface area contributed by atoms with E-state index in [0.717, 1.165) is 68.9 Å². The van der Waals surface area contributed by atoms with Gasteiger partial charge in [-0.2, -0.15) is 0 Å². The molecule has 2 heterocycles. The zero-order valence-electron chi connectivity index (χ0n) is 42.6. The summed E-state index contributed by atoms with van der Waals surface area (Å²) in [6.07, 6.45) is 4.99. The zero-order chi connectivity index (χ0) is 51.2. The monoisotopic (exact) mass is 1060 g/mol. The molecule has 2 aliphatic rings. The first-order valence-corrected chi connectivity index (χ1v) is 28.9. The second-order valence-corrected chi connectivity index (χ2v) is 22.7. The van der Waals surface area contributed by atoms with Gasteiger partial charge in [0.1, 0.15) is 0 Å². The predicted octanol–water partition coefficient (Wildman–Crippen LogP) is 14.4. The van der Waals surface area contributed by atoms with Gasteiger partial charge in [-0.3, -0.25) is 24.9 Å². The second-order valence-electron chi connectivity index (χ2n) is 19.3. The van der Waals surface area contributed by atoms with E-state index in [-0.39, 0.29) is 17.9 Å². The van der Waals surface area contributed by atoms with Crippen molar-refractivity contribution in [2.24, 2.45) is 0 Å². The zero-order valence-corrected chi connectivity index (χ0v) is 45.7. The average molecular weight is 1060 g/mol. The van der Waals surface area contributed by atoms with Gasteiger partial charge in [-0.15, -0.1) is 23.5 Å². The van der Waals surface area contributed by atoms with Crippen LogP contribution in [0.25, 0.3) is 0 Å². The van der Waals surface area contributed by atoms with Gasteiger partial charge >= 0.3 is 0 Å². The van der Waals surface area contributed by atoms with Crippen molar-refractivity contribution in [3.63, 3.8) is 0 Å². The van der Waals surface area contributed by atoms with Crippen LogP contribution < -0.4 is 10.8 Å². The number of nitrogens with one attached hydrogen (secondary N) is 2. The van der Waals surface area contributed by atoms with Crippen LogP contribution in [0.3, 0.4) is 0 Å². The van der Waals surface area contributed by atoms with Gasteiger partial charge in [0.25, 0.3) is 0 Å². The lowest BCUT2D eigenvalue weighted by atomic mass is 9.79. The summed E-state index contributed by atoms with van der Waals surface area (Å²) in [5.74, 6) is 1.80. The number of carbonyl (C=O) groups excluding carboxylic acids is 1. The molecule has 0 aliphatic carbocycles. The third kappa shape index (κ3) is 12.0. The molecule has 2 aliphatic heterocycles. The molecule has 6 nitrogen and oxygen atoms in total. The molecule has 2 N–H and O–H groups in total. The highest BCUT2D eigenvalue weighted by Gasteiger charge is 2.45. The first-order valence-electron chi connectivity index (χ1n) is 26.2. The number of hydroxylamine groups is 1. The number of fused-ring (bicyclic) bond motifs is 2. The number of nitrogens with zero attached hydrogens (tertiary/aromatic N) is 2. The van der Waals surface area contributed by atoms with Crippen molar-refractivity contribution in [2.75, 3.05) is 51.3 Å². The van der Waals surface area contributed by atoms with E-state index < -0.39 is 9.49 Å². The number of hydrogen-bond donors (Lipinski definition) is 2. The van der Waals surface area contributed by atoms with Crippen LogP contribution in [0.5, 0.6) is 0 Å². The van der Waals surface area contributed by atoms with Gasteiger partial charge in [-0.1, -0.05) is 218 Å². The van der Waals surface area contributed by atoms with Crippen molar-refractivity contribution in [2.45, 2.75) is 66.5 Å². The number of halogens is 2. The van der Waals surface area contributed by atoms with Crippen LogP contribution in [0.15, 0.2) is 211 Å². The molecular formula is C64H68Cl2N4O2S2. The highest BCUT2D eigenvalue weighted by atomic mass is 35.5. The summed E-state index contributed by atoms with van der Waals surface area (Å²) in [4.78, 5) is 25.1. The Labute approximate surface area is 458 Å². The van der Waals surface area contributed by atoms with Crippen molar-refractivity contribution in [3.05, 3.63) is 260 Å². The Balaban J connectivity index is 0.950. The quantitative estimate of drug-likeness (QED) is 0.0355. The molecule has 0 radical (unpaired) electrons. The highest BCUT2D eigenvalue weighted by Crippen LogP contribution is 2.51. The third-order valence-corrected chi connectivity index (χ3v) is 18.8. The summed E-state index contributed by atoms with van der Waals surface area (Å²) in [5.41, 5.74) is 14.4. The van der Waals surface area contributed by atoms with Gasteiger partial charge in [0, 0.05) is 54.8 Å². The molecule has 7 aromatic carbocycles. The van der Waals surface area contributed by atoms with Crippen molar-refractivity contribution in [1.82, 2.24) is 20.6 Å². The molecule has 0 spiro atoms. The summed E-state index contributed by atoms with van der Waals surface area (Å²) < 4.78 is -0.908. The Morgan fingerprint density at radius 2 is 1.11 bits per heavy atom. The topological polar surface area (TPSA) is 56.8 Å². The Morgan fingerprint density at radius 1 is 0.635 bits per heavy atom. The van der Waals surface area contributed by atoms with Crippen LogP contribution in [-0.2, 0) is 19.1 Å². The van der Waals surface area contributed by atoms with Crippen LogP contribution in [0.4, 0.5) is 0 Å². The number of allylic oxidation sites excluding steroid dienone is 1. The molecular weight excluding hydrogens is 992 g/mol. The van der Waals surface area contributed by atoms with Gasteiger partial charge < -0.3 is 5.32 Å². The smallest absolute Gasteiger partial charge is 0.234 e. The number of amides is 1. The normalized spacial score (nSPS) is 17.6. The van der Waals surface area contributed by atoms with Crippen molar-refractivity contribution in [3.8, 4) is 0 Å². The summed E-state index contributed by atoms with van der Waals surface area (Å²) in [7, 11) is 1.70. The van der Waals surface area contributed by atoms with E-state index in [1.54, 1.807) is 7.11 Å². The Bertz CT molecular complexity index is 2690. The van der Waals surface area contributed by atoms with Crippen molar-refractivity contribution >= 4 is 52.6 Å². The molecule has 74 heavy (non-hydrogen) atoms. The fourth-order valence-corrected chi connectivity index (χ4v) is 15.0. The highest BCUT2D eigenvalue weighted by molar-refractivity contribution is 8.00. The van der Waals surface area contributed by atoms with Crippen LogP contribution in [0.1, 0.15) is 83.9 Å². The fraction of sp³-hybridized carbons (Fsp3) is 0.297. The van der Waals surface area contributed by atoms with E-state index in [4.69, 9.17) is 28.0 Å². The van der Waals surface area contributed by atoms with Gasteiger partial charge in [-0.25, -0.2) is 0 Å². The van der Waals surface area contributed by atoms with Crippen LogP contribution in [-0.4, -0.2) is 79.1 Å². The molecule has 9 rings (SSSR count). The molecule has 3 unspecified atom stereocenters. The van der Waals surface area contributed by atoms with Gasteiger partial charge in [0.15, 0.2) is 0 Å². The molecule has 1 amide bonds. The Morgan fingerprint density at radius 3 is 1.55 bits per heavy atom. The first-order chi connectivity index (χ1) is 36.3. The fourth-order valence-electron chi connectivity index (χ4n) is 11.7. The summed E-state index contributed by atoms with van der Waals surface area (Å²) in [5, 5.41) is 4.55. The van der Waals surface area contributed by atoms with Gasteiger partial charge in [-0.05, 0) is 95.3 Å². The second kappa shape index (κ2) is 26.0. The number of hydrogen-bond acceptors (Lipinski definition) is 7.